The van der Waals surface area contributed by atoms with Crippen molar-refractivity contribution in [2.75, 3.05) is 19.7 Å². The Morgan fingerprint density at radius 2 is 1.85 bits per heavy atom. The van der Waals surface area contributed by atoms with Gasteiger partial charge in [-0.1, -0.05) is 30.3 Å². The van der Waals surface area contributed by atoms with Gasteiger partial charge in [0, 0.05) is 25.6 Å². The Hall–Kier alpha value is -2.33. The highest BCUT2D eigenvalue weighted by Crippen LogP contribution is 2.52. The van der Waals surface area contributed by atoms with E-state index in [9.17, 15) is 0 Å². The van der Waals surface area contributed by atoms with Gasteiger partial charge in [0.15, 0.2) is 0 Å². The fourth-order valence-corrected chi connectivity index (χ4v) is 5.32. The molecule has 2 aromatic carbocycles. The van der Waals surface area contributed by atoms with Crippen molar-refractivity contribution in [3.05, 3.63) is 59.9 Å². The van der Waals surface area contributed by atoms with Gasteiger partial charge in [0.25, 0.3) is 0 Å². The molecule has 1 saturated carbocycles. The van der Waals surface area contributed by atoms with E-state index in [1.54, 1.807) is 0 Å². The maximum atomic E-state index is 5.98. The smallest absolute Gasteiger partial charge is 0.124 e. The summed E-state index contributed by atoms with van der Waals surface area (Å²) in [6.45, 7) is 5.38. The van der Waals surface area contributed by atoms with Crippen molar-refractivity contribution in [3.63, 3.8) is 0 Å². The number of aromatic nitrogens is 2. The van der Waals surface area contributed by atoms with Crippen molar-refractivity contribution < 1.29 is 4.74 Å². The van der Waals surface area contributed by atoms with E-state index in [0.29, 0.717) is 0 Å². The molecule has 1 aliphatic carbocycles. The van der Waals surface area contributed by atoms with Gasteiger partial charge in [-0.3, -0.25) is 4.90 Å². The van der Waals surface area contributed by atoms with Crippen LogP contribution >= 0.6 is 0 Å². The molecule has 0 amide bonds. The Morgan fingerprint density at radius 3 is 2.70 bits per heavy atom. The molecule has 1 aromatic heterocycles. The number of rotatable bonds is 5. The molecule has 3 aromatic rings. The van der Waals surface area contributed by atoms with Gasteiger partial charge in [0.1, 0.15) is 11.6 Å². The highest BCUT2D eigenvalue weighted by molar-refractivity contribution is 5.80. The normalized spacial score (nSPS) is 26.3. The first-order valence-electron chi connectivity index (χ1n) is 10.2. The van der Waals surface area contributed by atoms with E-state index in [1.165, 1.54) is 48.4 Å². The fraction of sp³-hybridized carbons (Fsp3) is 0.435. The minimum atomic E-state index is 0.741. The average molecular weight is 359 g/mol. The molecule has 1 saturated heterocycles. The van der Waals surface area contributed by atoms with Gasteiger partial charge >= 0.3 is 0 Å². The third kappa shape index (κ3) is 2.66. The number of fused-ring (bicyclic) bond motifs is 1. The summed E-state index contributed by atoms with van der Waals surface area (Å²) in [5.41, 5.74) is 4.04. The second-order valence-corrected chi connectivity index (χ2v) is 8.38. The third-order valence-electron chi connectivity index (χ3n) is 6.75. The van der Waals surface area contributed by atoms with Crippen LogP contribution in [0.15, 0.2) is 48.5 Å². The van der Waals surface area contributed by atoms with Crippen LogP contribution in [0.4, 0.5) is 0 Å². The highest BCUT2D eigenvalue weighted by atomic mass is 16.5. The number of benzene rings is 2. The zero-order valence-electron chi connectivity index (χ0n) is 15.6. The lowest BCUT2D eigenvalue weighted by Crippen LogP contribution is -2.27. The molecule has 2 fully saturated rings. The second kappa shape index (κ2) is 6.10. The molecule has 4 heteroatoms. The van der Waals surface area contributed by atoms with Crippen LogP contribution in [-0.4, -0.2) is 34.1 Å². The molecular formula is C23H25N3O. The molecule has 27 heavy (non-hydrogen) atoms. The number of para-hydroxylation sites is 2. The molecular weight excluding hydrogens is 334 g/mol. The molecule has 0 bridgehead atoms. The van der Waals surface area contributed by atoms with Crippen molar-refractivity contribution in [1.82, 2.24) is 14.5 Å². The Morgan fingerprint density at radius 1 is 1.00 bits per heavy atom. The van der Waals surface area contributed by atoms with Crippen molar-refractivity contribution >= 4 is 11.0 Å². The van der Waals surface area contributed by atoms with E-state index in [0.717, 1.165) is 43.2 Å². The standard InChI is InChI=1S/C23H25N3O/c1-2-8-17(9-3-1)27-15-20-18-12-25(13-19(18)20)14-22-24-21-10-4-6-16-7-5-11-26(22)23(16)21/h1-4,6,8-10,18-20H,5,7,11-15H2/t18-,19+,20?. The van der Waals surface area contributed by atoms with Gasteiger partial charge in [0.05, 0.1) is 24.2 Å². The fourth-order valence-electron chi connectivity index (χ4n) is 5.32. The number of aryl methyl sites for hydroxylation is 2. The van der Waals surface area contributed by atoms with E-state index in [2.05, 4.69) is 27.7 Å². The minimum absolute atomic E-state index is 0.741. The van der Waals surface area contributed by atoms with E-state index in [1.807, 2.05) is 30.3 Å². The summed E-state index contributed by atoms with van der Waals surface area (Å²) in [7, 11) is 0. The third-order valence-corrected chi connectivity index (χ3v) is 6.75. The van der Waals surface area contributed by atoms with E-state index >= 15 is 0 Å². The zero-order chi connectivity index (χ0) is 17.8. The second-order valence-electron chi connectivity index (χ2n) is 8.38. The van der Waals surface area contributed by atoms with Crippen LogP contribution in [0.2, 0.25) is 0 Å². The summed E-state index contributed by atoms with van der Waals surface area (Å²) in [5.74, 6) is 4.63. The van der Waals surface area contributed by atoms with Crippen LogP contribution in [-0.2, 0) is 19.5 Å². The van der Waals surface area contributed by atoms with Crippen LogP contribution < -0.4 is 4.74 Å². The molecule has 1 unspecified atom stereocenters. The van der Waals surface area contributed by atoms with E-state index < -0.39 is 0 Å². The molecule has 3 atom stereocenters. The first-order valence-corrected chi connectivity index (χ1v) is 10.2. The predicted molar refractivity (Wildman–Crippen MR) is 106 cm³/mol. The first-order chi connectivity index (χ1) is 13.4. The molecule has 3 aliphatic rings. The van der Waals surface area contributed by atoms with Gasteiger partial charge in [-0.2, -0.15) is 0 Å². The summed E-state index contributed by atoms with van der Waals surface area (Å²) in [6.07, 6.45) is 2.43. The lowest BCUT2D eigenvalue weighted by Gasteiger charge is -2.21. The van der Waals surface area contributed by atoms with Crippen LogP contribution in [0.3, 0.4) is 0 Å². The van der Waals surface area contributed by atoms with Gasteiger partial charge in [0.2, 0.25) is 0 Å². The number of ether oxygens (including phenoxy) is 1. The van der Waals surface area contributed by atoms with Gasteiger partial charge in [-0.05, 0) is 48.4 Å². The molecule has 4 nitrogen and oxygen atoms in total. The lowest BCUT2D eigenvalue weighted by atomic mass is 10.0. The summed E-state index contributed by atoms with van der Waals surface area (Å²) in [4.78, 5) is 7.58. The molecule has 0 N–H and O–H groups in total. The van der Waals surface area contributed by atoms with Crippen LogP contribution in [0.5, 0.6) is 5.75 Å². The molecule has 6 rings (SSSR count). The molecule has 2 aliphatic heterocycles. The van der Waals surface area contributed by atoms with Crippen molar-refractivity contribution in [2.24, 2.45) is 17.8 Å². The average Bonchev–Trinajstić information content (AvgIpc) is 3.02. The molecule has 0 spiro atoms. The predicted octanol–water partition coefficient (Wildman–Crippen LogP) is 3.74. The van der Waals surface area contributed by atoms with E-state index in [-0.39, 0.29) is 0 Å². The quantitative estimate of drug-likeness (QED) is 0.695. The first kappa shape index (κ1) is 15.7. The number of hydrogen-bond donors (Lipinski definition) is 0. The van der Waals surface area contributed by atoms with Crippen LogP contribution in [0.25, 0.3) is 11.0 Å². The number of nitrogens with zero attached hydrogens (tertiary/aromatic N) is 3. The molecule has 138 valence electrons. The summed E-state index contributed by atoms with van der Waals surface area (Å²) < 4.78 is 8.46. The number of imidazole rings is 1. The maximum absolute atomic E-state index is 5.98. The van der Waals surface area contributed by atoms with Crippen LogP contribution in [0, 0.1) is 17.8 Å². The Labute approximate surface area is 159 Å². The largest absolute Gasteiger partial charge is 0.493 e. The Balaban J connectivity index is 1.11. The van der Waals surface area contributed by atoms with Gasteiger partial charge < -0.3 is 9.30 Å². The van der Waals surface area contributed by atoms with Gasteiger partial charge in [-0.25, -0.2) is 4.98 Å². The Bertz CT molecular complexity index is 968. The molecule has 3 heterocycles. The number of likely N-dealkylation sites (tertiary alicyclic amines) is 1. The Kier molecular flexibility index (Phi) is 3.55. The maximum Gasteiger partial charge on any atom is 0.124 e. The van der Waals surface area contributed by atoms with E-state index in [4.69, 9.17) is 9.72 Å². The van der Waals surface area contributed by atoms with Crippen molar-refractivity contribution in [3.8, 4) is 5.75 Å². The molecule has 0 radical (unpaired) electrons. The number of piperidine rings is 1. The SMILES string of the molecule is c1ccc(OCC2[C@H]3CN(Cc4nc5cccc6c5n4CCC6)C[C@@H]23)cc1. The van der Waals surface area contributed by atoms with Crippen LogP contribution in [0.1, 0.15) is 17.8 Å². The summed E-state index contributed by atoms with van der Waals surface area (Å²) in [6, 6.07) is 16.8. The minimum Gasteiger partial charge on any atom is -0.493 e. The number of hydrogen-bond acceptors (Lipinski definition) is 3. The van der Waals surface area contributed by atoms with Crippen molar-refractivity contribution in [2.45, 2.75) is 25.9 Å². The topological polar surface area (TPSA) is 30.3 Å². The highest BCUT2D eigenvalue weighted by Gasteiger charge is 2.55. The van der Waals surface area contributed by atoms with Gasteiger partial charge in [-0.15, -0.1) is 0 Å². The lowest BCUT2D eigenvalue weighted by molar-refractivity contribution is 0.226. The summed E-state index contributed by atoms with van der Waals surface area (Å²) in [5, 5.41) is 0. The van der Waals surface area contributed by atoms with Crippen molar-refractivity contribution in [1.29, 1.82) is 0 Å². The zero-order valence-corrected chi connectivity index (χ0v) is 15.6. The monoisotopic (exact) mass is 359 g/mol. The summed E-state index contributed by atoms with van der Waals surface area (Å²) >= 11 is 0.